The Morgan fingerprint density at radius 2 is 2.21 bits per heavy atom. The minimum Gasteiger partial charge on any atom is -0.463 e. The van der Waals surface area contributed by atoms with Crippen molar-refractivity contribution in [1.29, 1.82) is 5.26 Å². The average Bonchev–Trinajstić information content (AvgIpc) is 2.76. The molecule has 0 aliphatic rings. The molecule has 1 aromatic heterocycles. The summed E-state index contributed by atoms with van der Waals surface area (Å²) in [4.78, 5) is 11.4. The molecule has 19 heavy (non-hydrogen) atoms. The molecule has 0 spiro atoms. The predicted octanol–water partition coefficient (Wildman–Crippen LogP) is 3.78. The van der Waals surface area contributed by atoms with E-state index < -0.39 is 5.97 Å². The summed E-state index contributed by atoms with van der Waals surface area (Å²) in [6.45, 7) is 1.43. The first-order valence-electron chi connectivity index (χ1n) is 5.25. The highest BCUT2D eigenvalue weighted by molar-refractivity contribution is 9.08. The summed E-state index contributed by atoms with van der Waals surface area (Å²) in [5, 5.41) is 8.30. The van der Waals surface area contributed by atoms with Gasteiger partial charge in [0.1, 0.15) is 11.4 Å². The molecular formula is C13H11BrFNO3. The number of furan rings is 1. The quantitative estimate of drug-likeness (QED) is 0.622. The van der Waals surface area contributed by atoms with Gasteiger partial charge in [-0.3, -0.25) is 0 Å². The molecular weight excluding hydrogens is 317 g/mol. The van der Waals surface area contributed by atoms with Gasteiger partial charge in [-0.1, -0.05) is 15.9 Å². The van der Waals surface area contributed by atoms with E-state index in [9.17, 15) is 9.18 Å². The van der Waals surface area contributed by atoms with Crippen LogP contribution in [0.1, 0.15) is 23.0 Å². The molecule has 0 unspecified atom stereocenters. The van der Waals surface area contributed by atoms with Crippen LogP contribution >= 0.6 is 15.9 Å². The maximum Gasteiger partial charge on any atom is 0.374 e. The van der Waals surface area contributed by atoms with Gasteiger partial charge in [0.25, 0.3) is 0 Å². The normalized spacial score (nSPS) is 9.42. The van der Waals surface area contributed by atoms with Crippen molar-refractivity contribution in [2.45, 2.75) is 12.3 Å². The molecule has 100 valence electrons. The molecule has 0 fully saturated rings. The first kappa shape index (κ1) is 15.2. The fourth-order valence-electron chi connectivity index (χ4n) is 1.51. The van der Waals surface area contributed by atoms with E-state index in [0.29, 0.717) is 21.9 Å². The number of rotatable bonds is 2. The summed E-state index contributed by atoms with van der Waals surface area (Å²) in [5.41, 5.74) is 1.07. The molecule has 0 saturated heterocycles. The van der Waals surface area contributed by atoms with E-state index in [1.54, 1.807) is 6.07 Å². The number of carbonyl (C=O) groups is 1. The van der Waals surface area contributed by atoms with Gasteiger partial charge < -0.3 is 9.15 Å². The first-order valence-corrected chi connectivity index (χ1v) is 6.37. The Hall–Kier alpha value is -1.87. The lowest BCUT2D eigenvalue weighted by molar-refractivity contribution is 0.0566. The van der Waals surface area contributed by atoms with Gasteiger partial charge in [-0.05, 0) is 18.2 Å². The van der Waals surface area contributed by atoms with Crippen molar-refractivity contribution in [3.05, 3.63) is 35.3 Å². The lowest BCUT2D eigenvalue weighted by Crippen LogP contribution is -2.01. The number of carbonyl (C=O) groups excluding carboxylic acids is 1. The van der Waals surface area contributed by atoms with Crippen LogP contribution in [0.15, 0.2) is 22.6 Å². The highest BCUT2D eigenvalue weighted by Crippen LogP contribution is 2.28. The van der Waals surface area contributed by atoms with E-state index in [1.807, 2.05) is 0 Å². The van der Waals surface area contributed by atoms with Crippen LogP contribution in [0.2, 0.25) is 0 Å². The predicted molar refractivity (Wildman–Crippen MR) is 71.4 cm³/mol. The van der Waals surface area contributed by atoms with Gasteiger partial charge in [-0.25, -0.2) is 9.18 Å². The molecule has 0 radical (unpaired) electrons. The molecule has 6 heteroatoms. The van der Waals surface area contributed by atoms with Crippen LogP contribution in [-0.4, -0.2) is 13.1 Å². The Balaban J connectivity index is 0.000000550. The highest BCUT2D eigenvalue weighted by Gasteiger charge is 2.20. The van der Waals surface area contributed by atoms with Crippen LogP contribution in [0.3, 0.4) is 0 Å². The van der Waals surface area contributed by atoms with Gasteiger partial charge in [0, 0.05) is 23.2 Å². The molecule has 0 aliphatic heterocycles. The summed E-state index contributed by atoms with van der Waals surface area (Å²) in [5.74, 6) is -0.821. The van der Waals surface area contributed by atoms with Gasteiger partial charge >= 0.3 is 5.97 Å². The van der Waals surface area contributed by atoms with Gasteiger partial charge in [0.15, 0.2) is 0 Å². The fourth-order valence-corrected chi connectivity index (χ4v) is 2.07. The third-order valence-corrected chi connectivity index (χ3v) is 2.82. The number of nitrogens with zero attached hydrogens (tertiary/aromatic N) is 1. The summed E-state index contributed by atoms with van der Waals surface area (Å²) < 4.78 is 23.0. The Morgan fingerprint density at radius 1 is 1.58 bits per heavy atom. The Kier molecular flexibility index (Phi) is 5.52. The van der Waals surface area contributed by atoms with Crippen LogP contribution in [0.4, 0.5) is 4.39 Å². The lowest BCUT2D eigenvalue weighted by atomic mass is 10.1. The maximum absolute atomic E-state index is 13.1. The topological polar surface area (TPSA) is 63.2 Å². The number of nitriles is 1. The molecule has 1 heterocycles. The summed E-state index contributed by atoms with van der Waals surface area (Å²) in [6.07, 6.45) is 0. The van der Waals surface area contributed by atoms with Crippen LogP contribution in [0.25, 0.3) is 11.0 Å². The first-order chi connectivity index (χ1) is 9.08. The van der Waals surface area contributed by atoms with Gasteiger partial charge in [-0.2, -0.15) is 5.26 Å². The number of benzene rings is 1. The molecule has 0 aliphatic carbocycles. The number of fused-ring (bicyclic) bond motifs is 1. The summed E-state index contributed by atoms with van der Waals surface area (Å²) in [7, 11) is 1.27. The molecule has 1 aromatic carbocycles. The van der Waals surface area contributed by atoms with Crippen molar-refractivity contribution >= 4 is 32.9 Å². The Morgan fingerprint density at radius 3 is 2.74 bits per heavy atom. The molecule has 2 aromatic rings. The smallest absolute Gasteiger partial charge is 0.374 e. The van der Waals surface area contributed by atoms with Gasteiger partial charge in [0.05, 0.1) is 13.2 Å². The number of hydrogen-bond acceptors (Lipinski definition) is 4. The minimum atomic E-state index is -0.564. The largest absolute Gasteiger partial charge is 0.463 e. The third-order valence-electron chi connectivity index (χ3n) is 2.26. The zero-order valence-corrected chi connectivity index (χ0v) is 12.0. The molecule has 2 rings (SSSR count). The van der Waals surface area contributed by atoms with Crippen LogP contribution in [0.5, 0.6) is 0 Å². The molecule has 0 amide bonds. The number of ether oxygens (including phenoxy) is 1. The molecule has 0 bridgehead atoms. The molecule has 0 saturated carbocycles. The van der Waals surface area contributed by atoms with Crippen LogP contribution in [-0.2, 0) is 10.1 Å². The maximum atomic E-state index is 13.1. The second-order valence-electron chi connectivity index (χ2n) is 3.40. The van der Waals surface area contributed by atoms with Crippen molar-refractivity contribution in [3.8, 4) is 6.07 Å². The SMILES string of the molecule is CC#N.COC(=O)c1oc2ccc(F)cc2c1CBr. The standard InChI is InChI=1S/C11H8BrFO3.C2H3N/c1-15-11(14)10-8(5-12)7-4-6(13)2-3-9(7)16-10;1-2-3/h2-4H,5H2,1H3;1H3. The molecule has 4 nitrogen and oxygen atoms in total. The van der Waals surface area contributed by atoms with Crippen LogP contribution < -0.4 is 0 Å². The second-order valence-corrected chi connectivity index (χ2v) is 3.96. The molecule has 0 N–H and O–H groups in total. The van der Waals surface area contributed by atoms with Gasteiger partial charge in [0.2, 0.25) is 5.76 Å². The number of hydrogen-bond donors (Lipinski definition) is 0. The number of alkyl halides is 1. The average molecular weight is 328 g/mol. The van der Waals surface area contributed by atoms with Crippen molar-refractivity contribution in [2.75, 3.05) is 7.11 Å². The van der Waals surface area contributed by atoms with Crippen LogP contribution in [0, 0.1) is 17.1 Å². The zero-order valence-electron chi connectivity index (χ0n) is 10.4. The number of halogens is 2. The Bertz CT molecular complexity index is 631. The third kappa shape index (κ3) is 3.32. The van der Waals surface area contributed by atoms with Gasteiger partial charge in [-0.15, -0.1) is 0 Å². The summed E-state index contributed by atoms with van der Waals surface area (Å²) >= 11 is 3.24. The zero-order chi connectivity index (χ0) is 14.4. The van der Waals surface area contributed by atoms with Crippen molar-refractivity contribution < 1.29 is 18.3 Å². The van der Waals surface area contributed by atoms with Crippen molar-refractivity contribution in [2.24, 2.45) is 0 Å². The molecule has 0 atom stereocenters. The van der Waals surface area contributed by atoms with E-state index >= 15 is 0 Å². The number of esters is 1. The second kappa shape index (κ2) is 6.90. The monoisotopic (exact) mass is 327 g/mol. The van der Waals surface area contributed by atoms with Crippen molar-refractivity contribution in [3.63, 3.8) is 0 Å². The van der Waals surface area contributed by atoms with E-state index in [1.165, 1.54) is 32.2 Å². The van der Waals surface area contributed by atoms with E-state index in [0.717, 1.165) is 0 Å². The van der Waals surface area contributed by atoms with E-state index in [-0.39, 0.29) is 11.6 Å². The fraction of sp³-hybridized carbons (Fsp3) is 0.231. The summed E-state index contributed by atoms with van der Waals surface area (Å²) in [6, 6.07) is 5.86. The highest BCUT2D eigenvalue weighted by atomic mass is 79.9. The van der Waals surface area contributed by atoms with E-state index in [2.05, 4.69) is 20.7 Å². The minimum absolute atomic E-state index is 0.111. The lowest BCUT2D eigenvalue weighted by Gasteiger charge is -1.96. The van der Waals surface area contributed by atoms with Crippen molar-refractivity contribution in [1.82, 2.24) is 0 Å². The Labute approximate surface area is 117 Å². The number of methoxy groups -OCH3 is 1. The van der Waals surface area contributed by atoms with E-state index in [4.69, 9.17) is 9.68 Å².